The molecule has 3 N–H and O–H groups in total. The molecular weight excluding hydrogens is 640 g/mol. The van der Waals surface area contributed by atoms with E-state index in [0.717, 1.165) is 63.1 Å². The average Bonchev–Trinajstić information content (AvgIpc) is 3.54. The number of ether oxygens (including phenoxy) is 4. The van der Waals surface area contributed by atoms with Crippen molar-refractivity contribution in [3.05, 3.63) is 23.7 Å². The van der Waals surface area contributed by atoms with Gasteiger partial charge in [-0.25, -0.2) is 4.79 Å². The number of Topliss-reactive ketones (excluding diaryl/α,β-unsaturated/α-hetero) is 1. The summed E-state index contributed by atoms with van der Waals surface area (Å²) in [6.07, 6.45) is 8.91. The number of aliphatic hydroxyl groups excluding tert-OH is 1. The van der Waals surface area contributed by atoms with Gasteiger partial charge in [-0.1, -0.05) is 46.0 Å². The van der Waals surface area contributed by atoms with E-state index >= 15 is 0 Å². The maximum absolute atomic E-state index is 14.8. The number of carbonyl (C=O) groups excluding carboxylic acids is 3. The first kappa shape index (κ1) is 33.5. The first-order valence-electron chi connectivity index (χ1n) is 19.3. The second kappa shape index (κ2) is 11.1. The molecule has 0 bridgehead atoms. The van der Waals surface area contributed by atoms with Crippen LogP contribution >= 0.6 is 0 Å². The number of furan rings is 1. The number of esters is 2. The molecule has 11 unspecified atom stereocenters. The van der Waals surface area contributed by atoms with Crippen molar-refractivity contribution in [2.75, 3.05) is 19.8 Å². The minimum Gasteiger partial charge on any atom is -0.469 e. The van der Waals surface area contributed by atoms with Crippen LogP contribution in [-0.4, -0.2) is 78.2 Å². The topological polar surface area (TPSA) is 149 Å². The smallest absolute Gasteiger partial charge is 0.339 e. The number of hydrogen-bond acceptors (Lipinski definition) is 11. The second-order valence-electron chi connectivity index (χ2n) is 18.0. The standard InChI is InChI=1S/C39H54N2O9/c1-34(2)27-26(42)28(43)36(4)25(38(27)20-47-33(45)37(32(38)50-34)15-9-10-16-37)13-17-35(3)29(48-31(44)30-39(35,36)49-30)23-14-18-46-24(23)12-8-6-5-7-11-22-19-40-21-41-22/h14,18,22,25,27-30,32,40-41,43H,5-13,15-17,19-21H2,1-4H3. The minimum absolute atomic E-state index is 0.0658. The number of cyclic esters (lactones) is 2. The molecule has 0 amide bonds. The summed E-state index contributed by atoms with van der Waals surface area (Å²) in [7, 11) is 0. The Kier molecular flexibility index (Phi) is 7.44. The van der Waals surface area contributed by atoms with Crippen LogP contribution in [0.4, 0.5) is 0 Å². The van der Waals surface area contributed by atoms with Crippen LogP contribution < -0.4 is 10.6 Å². The fraction of sp³-hybridized carbons (Fsp3) is 0.821. The third-order valence-electron chi connectivity index (χ3n) is 15.4. The van der Waals surface area contributed by atoms with Gasteiger partial charge < -0.3 is 39.1 Å². The van der Waals surface area contributed by atoms with Crippen molar-refractivity contribution in [3.63, 3.8) is 0 Å². The number of nitrogens with one attached hydrogen (secondary N) is 2. The number of hydrogen-bond donors (Lipinski definition) is 3. The molecule has 5 saturated heterocycles. The van der Waals surface area contributed by atoms with Gasteiger partial charge in [0.1, 0.15) is 30.2 Å². The van der Waals surface area contributed by atoms with E-state index in [-0.39, 0.29) is 24.3 Å². The summed E-state index contributed by atoms with van der Waals surface area (Å²) in [5, 5.41) is 19.2. The number of aryl methyl sites for hydroxylation is 1. The number of aliphatic hydroxyl groups is 1. The maximum Gasteiger partial charge on any atom is 0.339 e. The molecule has 3 saturated carbocycles. The van der Waals surface area contributed by atoms with Crippen LogP contribution in [0.25, 0.3) is 0 Å². The first-order chi connectivity index (χ1) is 23.9. The van der Waals surface area contributed by atoms with Crippen molar-refractivity contribution in [2.24, 2.45) is 33.5 Å². The Hall–Kier alpha value is -2.31. The number of rotatable bonds is 8. The molecule has 0 aromatic carbocycles. The lowest BCUT2D eigenvalue weighted by Gasteiger charge is -2.67. The number of epoxide rings is 1. The van der Waals surface area contributed by atoms with Gasteiger partial charge in [-0.3, -0.25) is 9.59 Å². The van der Waals surface area contributed by atoms with Crippen molar-refractivity contribution in [2.45, 2.75) is 146 Å². The van der Waals surface area contributed by atoms with Crippen LogP contribution in [0.1, 0.15) is 116 Å². The monoisotopic (exact) mass is 694 g/mol. The Bertz CT molecular complexity index is 1580. The Morgan fingerprint density at radius 1 is 0.960 bits per heavy atom. The second-order valence-corrected chi connectivity index (χ2v) is 18.0. The fourth-order valence-corrected chi connectivity index (χ4v) is 13.4. The third-order valence-corrected chi connectivity index (χ3v) is 15.4. The summed E-state index contributed by atoms with van der Waals surface area (Å²) in [6, 6.07) is 2.48. The van der Waals surface area contributed by atoms with Crippen molar-refractivity contribution < 1.29 is 42.9 Å². The maximum atomic E-state index is 14.8. The molecule has 11 atom stereocenters. The predicted molar refractivity (Wildman–Crippen MR) is 178 cm³/mol. The Labute approximate surface area is 294 Å². The molecule has 50 heavy (non-hydrogen) atoms. The zero-order chi connectivity index (χ0) is 34.9. The highest BCUT2D eigenvalue weighted by molar-refractivity contribution is 5.92. The van der Waals surface area contributed by atoms with Gasteiger partial charge in [0.05, 0.1) is 29.3 Å². The van der Waals surface area contributed by atoms with Crippen molar-refractivity contribution in [1.82, 2.24) is 10.6 Å². The van der Waals surface area contributed by atoms with Crippen LogP contribution in [0.15, 0.2) is 16.7 Å². The van der Waals surface area contributed by atoms with Gasteiger partial charge in [-0.05, 0) is 64.4 Å². The van der Waals surface area contributed by atoms with Gasteiger partial charge in [0, 0.05) is 47.5 Å². The number of unbranched alkanes of at least 4 members (excludes halogenated alkanes) is 3. The van der Waals surface area contributed by atoms with Gasteiger partial charge in [-0.2, -0.15) is 0 Å². The quantitative estimate of drug-likeness (QED) is 0.203. The number of carbonyl (C=O) groups is 3. The molecule has 3 spiro atoms. The van der Waals surface area contributed by atoms with Crippen LogP contribution in [0.3, 0.4) is 0 Å². The minimum atomic E-state index is -1.39. The summed E-state index contributed by atoms with van der Waals surface area (Å²) in [5.41, 5.74) is -4.78. The van der Waals surface area contributed by atoms with Crippen LogP contribution in [0.5, 0.6) is 0 Å². The van der Waals surface area contributed by atoms with Gasteiger partial charge >= 0.3 is 11.9 Å². The fourth-order valence-electron chi connectivity index (χ4n) is 13.4. The third kappa shape index (κ3) is 4.02. The lowest BCUT2D eigenvalue weighted by atomic mass is 9.35. The van der Waals surface area contributed by atoms with E-state index in [2.05, 4.69) is 17.6 Å². The predicted octanol–water partition coefficient (Wildman–Crippen LogP) is 4.29. The van der Waals surface area contributed by atoms with Gasteiger partial charge in [-0.15, -0.1) is 0 Å². The van der Waals surface area contributed by atoms with Crippen molar-refractivity contribution >= 4 is 17.7 Å². The molecule has 11 nitrogen and oxygen atoms in total. The van der Waals surface area contributed by atoms with E-state index < -0.39 is 69.2 Å². The highest BCUT2D eigenvalue weighted by Crippen LogP contribution is 2.81. The molecule has 5 aliphatic heterocycles. The zero-order valence-corrected chi connectivity index (χ0v) is 30.0. The lowest BCUT2D eigenvalue weighted by Crippen LogP contribution is -2.77. The average molecular weight is 695 g/mol. The summed E-state index contributed by atoms with van der Waals surface area (Å²) in [5.74, 6) is -1.12. The molecule has 1 aromatic heterocycles. The number of fused-ring (bicyclic) bond motifs is 2. The molecule has 1 aromatic rings. The highest BCUT2D eigenvalue weighted by Gasteiger charge is 2.91. The Balaban J connectivity index is 1.05. The summed E-state index contributed by atoms with van der Waals surface area (Å²) in [4.78, 5) is 42.4. The number of ketones is 1. The van der Waals surface area contributed by atoms with Crippen molar-refractivity contribution in [1.29, 1.82) is 0 Å². The van der Waals surface area contributed by atoms with E-state index in [0.29, 0.717) is 31.7 Å². The molecule has 11 heteroatoms. The van der Waals surface area contributed by atoms with E-state index in [9.17, 15) is 19.5 Å². The van der Waals surface area contributed by atoms with Gasteiger partial charge in [0.15, 0.2) is 11.9 Å². The summed E-state index contributed by atoms with van der Waals surface area (Å²) < 4.78 is 32.1. The molecular formula is C39H54N2O9. The zero-order valence-electron chi connectivity index (χ0n) is 30.0. The van der Waals surface area contributed by atoms with Crippen LogP contribution in [-0.2, 0) is 39.8 Å². The van der Waals surface area contributed by atoms with Gasteiger partial charge in [0.25, 0.3) is 0 Å². The summed E-state index contributed by atoms with van der Waals surface area (Å²) in [6.45, 7) is 9.93. The lowest BCUT2D eigenvalue weighted by molar-refractivity contribution is -0.264. The SMILES string of the molecule is CC1(C)OC2C3(CCCC3)C(=O)OCC23C1C(=O)C(O)C1(C)C3CCC2(C)C(c3ccoc3CCCCCCC3CNCN3)OC(=O)C3OC321. The van der Waals surface area contributed by atoms with E-state index in [1.807, 2.05) is 26.8 Å². The van der Waals surface area contributed by atoms with E-state index in [1.165, 1.54) is 12.8 Å². The Morgan fingerprint density at radius 3 is 2.50 bits per heavy atom. The molecule has 8 fully saturated rings. The van der Waals surface area contributed by atoms with E-state index in [1.54, 1.807) is 6.26 Å². The molecule has 0 radical (unpaired) electrons. The molecule has 6 heterocycles. The van der Waals surface area contributed by atoms with E-state index in [4.69, 9.17) is 23.4 Å². The molecule has 3 aliphatic carbocycles. The normalized spacial score (nSPS) is 46.4. The molecule has 8 aliphatic rings. The first-order valence-corrected chi connectivity index (χ1v) is 19.3. The largest absolute Gasteiger partial charge is 0.469 e. The summed E-state index contributed by atoms with van der Waals surface area (Å²) >= 11 is 0. The highest BCUT2D eigenvalue weighted by atomic mass is 16.7. The van der Waals surface area contributed by atoms with Crippen LogP contribution in [0.2, 0.25) is 0 Å². The molecule has 274 valence electrons. The van der Waals surface area contributed by atoms with Crippen LogP contribution in [0, 0.1) is 33.5 Å². The Morgan fingerprint density at radius 2 is 1.74 bits per heavy atom. The van der Waals surface area contributed by atoms with Crippen molar-refractivity contribution in [3.8, 4) is 0 Å². The molecule has 9 rings (SSSR count). The van der Waals surface area contributed by atoms with Gasteiger partial charge in [0.2, 0.25) is 0 Å².